The first kappa shape index (κ1) is 17.5. The third-order valence-electron chi connectivity index (χ3n) is 4.81. The van der Waals surface area contributed by atoms with Crippen molar-refractivity contribution in [3.05, 3.63) is 42.5 Å². The quantitative estimate of drug-likeness (QED) is 0.876. The number of rotatable bonds is 6. The van der Waals surface area contributed by atoms with Gasteiger partial charge in [-0.1, -0.05) is 6.07 Å². The van der Waals surface area contributed by atoms with E-state index in [9.17, 15) is 4.79 Å². The lowest BCUT2D eigenvalue weighted by Gasteiger charge is -2.31. The maximum atomic E-state index is 12.3. The number of amides is 1. The van der Waals surface area contributed by atoms with Crippen LogP contribution >= 0.6 is 0 Å². The summed E-state index contributed by atoms with van der Waals surface area (Å²) < 4.78 is 7.40. The number of carbonyl (C=O) groups excluding carboxylic acids is 1. The van der Waals surface area contributed by atoms with Gasteiger partial charge in [-0.15, -0.1) is 0 Å². The van der Waals surface area contributed by atoms with Crippen molar-refractivity contribution in [3.8, 4) is 5.75 Å². The number of benzene rings is 1. The molecule has 1 N–H and O–H groups in total. The van der Waals surface area contributed by atoms with Gasteiger partial charge in [0.25, 0.3) is 0 Å². The Labute approximate surface area is 148 Å². The van der Waals surface area contributed by atoms with Gasteiger partial charge in [-0.2, -0.15) is 0 Å². The predicted octanol–water partition coefficient (Wildman–Crippen LogP) is 2.55. The van der Waals surface area contributed by atoms with Crippen molar-refractivity contribution in [2.75, 3.05) is 32.1 Å². The van der Waals surface area contributed by atoms with E-state index < -0.39 is 0 Å². The molecule has 0 radical (unpaired) electrons. The second kappa shape index (κ2) is 8.16. The smallest absolute Gasteiger partial charge is 0.238 e. The Morgan fingerprint density at radius 3 is 2.84 bits per heavy atom. The molecule has 1 saturated heterocycles. The zero-order chi connectivity index (χ0) is 17.6. The minimum atomic E-state index is 0.0251. The Balaban J connectivity index is 1.43. The first-order valence-electron chi connectivity index (χ1n) is 8.78. The number of hydrogen-bond acceptors (Lipinski definition) is 4. The van der Waals surface area contributed by atoms with Crippen molar-refractivity contribution in [1.29, 1.82) is 0 Å². The first-order valence-corrected chi connectivity index (χ1v) is 8.78. The number of hydrogen-bond donors (Lipinski definition) is 1. The van der Waals surface area contributed by atoms with Crippen LogP contribution in [0.3, 0.4) is 0 Å². The lowest BCUT2D eigenvalue weighted by atomic mass is 9.96. The third-order valence-corrected chi connectivity index (χ3v) is 4.81. The van der Waals surface area contributed by atoms with Gasteiger partial charge in [0.05, 0.1) is 13.7 Å². The molecule has 1 aliphatic heterocycles. The Morgan fingerprint density at radius 2 is 2.16 bits per heavy atom. The summed E-state index contributed by atoms with van der Waals surface area (Å²) in [4.78, 5) is 18.8. The van der Waals surface area contributed by atoms with E-state index in [4.69, 9.17) is 4.74 Å². The van der Waals surface area contributed by atoms with E-state index in [0.29, 0.717) is 12.5 Å². The average Bonchev–Trinajstić information content (AvgIpc) is 3.01. The van der Waals surface area contributed by atoms with Gasteiger partial charge >= 0.3 is 0 Å². The minimum Gasteiger partial charge on any atom is -0.497 e. The first-order chi connectivity index (χ1) is 12.1. The molecule has 0 unspecified atom stereocenters. The molecule has 0 aliphatic carbocycles. The standard InChI is InChI=1S/C19H26N4O2/c1-15-20-8-11-23(15)13-16-6-9-22(10-7-16)14-19(24)21-17-4-3-5-18(12-17)25-2/h3-5,8,11-12,16H,6-7,9-10,13-14H2,1-2H3,(H,21,24). The fourth-order valence-corrected chi connectivity index (χ4v) is 3.31. The molecule has 0 saturated carbocycles. The van der Waals surface area contributed by atoms with Crippen LogP contribution in [-0.2, 0) is 11.3 Å². The van der Waals surface area contributed by atoms with Crippen molar-refractivity contribution >= 4 is 11.6 Å². The summed E-state index contributed by atoms with van der Waals surface area (Å²) in [6.45, 7) is 5.43. The highest BCUT2D eigenvalue weighted by Crippen LogP contribution is 2.20. The normalized spacial score (nSPS) is 15.9. The molecule has 25 heavy (non-hydrogen) atoms. The zero-order valence-corrected chi connectivity index (χ0v) is 14.9. The van der Waals surface area contributed by atoms with Gasteiger partial charge < -0.3 is 14.6 Å². The van der Waals surface area contributed by atoms with Crippen molar-refractivity contribution in [3.63, 3.8) is 0 Å². The van der Waals surface area contributed by atoms with E-state index in [2.05, 4.69) is 19.8 Å². The summed E-state index contributed by atoms with van der Waals surface area (Å²) in [6, 6.07) is 7.44. The van der Waals surface area contributed by atoms with Crippen LogP contribution in [0.5, 0.6) is 5.75 Å². The fourth-order valence-electron chi connectivity index (χ4n) is 3.31. The number of aromatic nitrogens is 2. The van der Waals surface area contributed by atoms with E-state index in [0.717, 1.165) is 49.7 Å². The maximum absolute atomic E-state index is 12.3. The molecule has 6 nitrogen and oxygen atoms in total. The van der Waals surface area contributed by atoms with E-state index in [1.807, 2.05) is 43.6 Å². The SMILES string of the molecule is COc1cccc(NC(=O)CN2CCC(Cn3ccnc3C)CC2)c1. The van der Waals surface area contributed by atoms with Gasteiger partial charge in [0.1, 0.15) is 11.6 Å². The van der Waals surface area contributed by atoms with E-state index in [-0.39, 0.29) is 5.91 Å². The summed E-state index contributed by atoms with van der Waals surface area (Å²) in [5.74, 6) is 2.50. The van der Waals surface area contributed by atoms with Crippen LogP contribution in [0.4, 0.5) is 5.69 Å². The number of ether oxygens (including phenoxy) is 1. The van der Waals surface area contributed by atoms with Crippen LogP contribution in [0.2, 0.25) is 0 Å². The van der Waals surface area contributed by atoms with Gasteiger partial charge in [0.2, 0.25) is 5.91 Å². The molecule has 2 aromatic rings. The van der Waals surface area contributed by atoms with Gasteiger partial charge in [-0.3, -0.25) is 9.69 Å². The lowest BCUT2D eigenvalue weighted by molar-refractivity contribution is -0.117. The number of likely N-dealkylation sites (tertiary alicyclic amines) is 1. The van der Waals surface area contributed by atoms with Gasteiger partial charge in [-0.25, -0.2) is 4.98 Å². The van der Waals surface area contributed by atoms with Crippen molar-refractivity contribution in [1.82, 2.24) is 14.5 Å². The summed E-state index contributed by atoms with van der Waals surface area (Å²) in [5, 5.41) is 2.95. The Hall–Kier alpha value is -2.34. The molecule has 6 heteroatoms. The van der Waals surface area contributed by atoms with Gasteiger partial charge in [0.15, 0.2) is 0 Å². The molecule has 0 bridgehead atoms. The van der Waals surface area contributed by atoms with Crippen molar-refractivity contribution in [2.24, 2.45) is 5.92 Å². The molecule has 134 valence electrons. The topological polar surface area (TPSA) is 59.4 Å². The summed E-state index contributed by atoms with van der Waals surface area (Å²) in [6.07, 6.45) is 6.13. The van der Waals surface area contributed by atoms with E-state index in [1.165, 1.54) is 0 Å². The molecule has 1 fully saturated rings. The molecule has 0 spiro atoms. The Kier molecular flexibility index (Phi) is 5.71. The second-order valence-corrected chi connectivity index (χ2v) is 6.63. The zero-order valence-electron chi connectivity index (χ0n) is 14.9. The molecule has 0 atom stereocenters. The number of piperidine rings is 1. The van der Waals surface area contributed by atoms with Gasteiger partial charge in [0, 0.05) is 30.7 Å². The van der Waals surface area contributed by atoms with Crippen LogP contribution < -0.4 is 10.1 Å². The molecular formula is C19H26N4O2. The Morgan fingerprint density at radius 1 is 1.36 bits per heavy atom. The summed E-state index contributed by atoms with van der Waals surface area (Å²) in [5.41, 5.74) is 0.773. The lowest BCUT2D eigenvalue weighted by Crippen LogP contribution is -2.40. The third kappa shape index (κ3) is 4.82. The molecule has 1 aliphatic rings. The van der Waals surface area contributed by atoms with Crippen LogP contribution in [0.1, 0.15) is 18.7 Å². The number of carbonyl (C=O) groups is 1. The molecular weight excluding hydrogens is 316 g/mol. The van der Waals surface area contributed by atoms with E-state index >= 15 is 0 Å². The van der Waals surface area contributed by atoms with Crippen LogP contribution in [0.25, 0.3) is 0 Å². The predicted molar refractivity (Wildman–Crippen MR) is 97.8 cm³/mol. The summed E-state index contributed by atoms with van der Waals surface area (Å²) in [7, 11) is 1.62. The van der Waals surface area contributed by atoms with Crippen LogP contribution in [-0.4, -0.2) is 47.1 Å². The largest absolute Gasteiger partial charge is 0.497 e. The summed E-state index contributed by atoms with van der Waals surface area (Å²) >= 11 is 0. The van der Waals surface area contributed by atoms with E-state index in [1.54, 1.807) is 7.11 Å². The Bertz CT molecular complexity index is 705. The second-order valence-electron chi connectivity index (χ2n) is 6.63. The number of anilines is 1. The molecule has 2 heterocycles. The molecule has 3 rings (SSSR count). The van der Waals surface area contributed by atoms with Crippen LogP contribution in [0.15, 0.2) is 36.7 Å². The number of imidazole rings is 1. The number of methoxy groups -OCH3 is 1. The highest BCUT2D eigenvalue weighted by Gasteiger charge is 2.21. The van der Waals surface area contributed by atoms with Crippen molar-refractivity contribution in [2.45, 2.75) is 26.3 Å². The highest BCUT2D eigenvalue weighted by atomic mass is 16.5. The number of nitrogens with zero attached hydrogens (tertiary/aromatic N) is 3. The molecule has 1 aromatic carbocycles. The number of aryl methyl sites for hydroxylation is 1. The fraction of sp³-hybridized carbons (Fsp3) is 0.474. The molecule has 1 amide bonds. The van der Waals surface area contributed by atoms with Crippen LogP contribution in [0, 0.1) is 12.8 Å². The monoisotopic (exact) mass is 342 g/mol. The highest BCUT2D eigenvalue weighted by molar-refractivity contribution is 5.92. The maximum Gasteiger partial charge on any atom is 0.238 e. The number of nitrogens with one attached hydrogen (secondary N) is 1. The average molecular weight is 342 g/mol. The van der Waals surface area contributed by atoms with Crippen molar-refractivity contribution < 1.29 is 9.53 Å². The minimum absolute atomic E-state index is 0.0251. The van der Waals surface area contributed by atoms with Gasteiger partial charge in [-0.05, 0) is 50.9 Å². The molecule has 1 aromatic heterocycles.